The van der Waals surface area contributed by atoms with E-state index < -0.39 is 28.8 Å². The van der Waals surface area contributed by atoms with E-state index in [1.165, 1.54) is 0 Å². The van der Waals surface area contributed by atoms with Crippen molar-refractivity contribution in [3.8, 4) is 0 Å². The van der Waals surface area contributed by atoms with Gasteiger partial charge in [0.15, 0.2) is 5.41 Å². The Bertz CT molecular complexity index is 1220. The number of anilines is 1. The molecular weight excluding hydrogens is 450 g/mol. The Morgan fingerprint density at radius 2 is 1.39 bits per heavy atom. The van der Waals surface area contributed by atoms with Gasteiger partial charge in [-0.3, -0.25) is 9.59 Å². The first kappa shape index (κ1) is 24.1. The van der Waals surface area contributed by atoms with Gasteiger partial charge >= 0.3 is 11.9 Å². The third-order valence-electron chi connectivity index (χ3n) is 8.07. The van der Waals surface area contributed by atoms with E-state index in [-0.39, 0.29) is 19.1 Å². The maximum absolute atomic E-state index is 13.9. The van der Waals surface area contributed by atoms with Crippen LogP contribution in [0.25, 0.3) is 0 Å². The molecule has 1 saturated carbocycles. The quantitative estimate of drug-likeness (QED) is 0.322. The highest BCUT2D eigenvalue weighted by atomic mass is 16.6. The topological polar surface area (TPSA) is 55.8 Å². The van der Waals surface area contributed by atoms with E-state index in [4.69, 9.17) is 9.47 Å². The first-order chi connectivity index (χ1) is 17.5. The number of hydrogen-bond acceptors (Lipinski definition) is 5. The van der Waals surface area contributed by atoms with Crippen molar-refractivity contribution in [2.24, 2.45) is 5.41 Å². The van der Waals surface area contributed by atoms with Crippen molar-refractivity contribution in [3.63, 3.8) is 0 Å². The normalized spacial score (nSPS) is 23.6. The zero-order valence-corrected chi connectivity index (χ0v) is 21.1. The van der Waals surface area contributed by atoms with Gasteiger partial charge in [0, 0.05) is 17.6 Å². The number of carbonyl (C=O) groups is 2. The van der Waals surface area contributed by atoms with E-state index in [0.29, 0.717) is 13.0 Å². The van der Waals surface area contributed by atoms with Gasteiger partial charge in [-0.25, -0.2) is 0 Å². The molecule has 3 atom stereocenters. The Hall–Kier alpha value is -3.60. The highest BCUT2D eigenvalue weighted by Gasteiger charge is 2.73. The van der Waals surface area contributed by atoms with E-state index >= 15 is 0 Å². The van der Waals surface area contributed by atoms with Gasteiger partial charge < -0.3 is 14.4 Å². The lowest BCUT2D eigenvalue weighted by molar-refractivity contribution is -0.173. The molecule has 3 aromatic carbocycles. The molecule has 1 unspecified atom stereocenters. The van der Waals surface area contributed by atoms with Crippen molar-refractivity contribution in [2.45, 2.75) is 51.1 Å². The van der Waals surface area contributed by atoms with Crippen LogP contribution >= 0.6 is 0 Å². The van der Waals surface area contributed by atoms with Gasteiger partial charge in [0.2, 0.25) is 0 Å². The summed E-state index contributed by atoms with van der Waals surface area (Å²) < 4.78 is 11.3. The van der Waals surface area contributed by atoms with Crippen molar-refractivity contribution >= 4 is 17.6 Å². The van der Waals surface area contributed by atoms with Crippen LogP contribution in [0.15, 0.2) is 84.9 Å². The zero-order chi connectivity index (χ0) is 25.3. The maximum atomic E-state index is 13.9. The standard InChI is InChI=1S/C31H33NO4/c1-4-35-28(33)31(29(34)36-5-2)20-25(23-16-10-7-11-17-23)30(3)24-18-12-13-19-26(24)32(27(30)31)21-22-14-8-6-9-15-22/h6-19,25,27H,4-5,20-21H2,1-3H3/t25?,27-,30-/m1/s1. The fraction of sp³-hybridized carbons (Fsp3) is 0.355. The van der Waals surface area contributed by atoms with Crippen molar-refractivity contribution in [1.82, 2.24) is 0 Å². The Morgan fingerprint density at radius 3 is 2.00 bits per heavy atom. The fourth-order valence-electron chi connectivity index (χ4n) is 6.69. The average Bonchev–Trinajstić information content (AvgIpc) is 3.33. The highest BCUT2D eigenvalue weighted by molar-refractivity contribution is 6.03. The molecule has 1 fully saturated rings. The third kappa shape index (κ3) is 3.52. The van der Waals surface area contributed by atoms with Gasteiger partial charge in [-0.2, -0.15) is 0 Å². The second-order valence-electron chi connectivity index (χ2n) is 9.90. The molecule has 0 radical (unpaired) electrons. The second-order valence-corrected chi connectivity index (χ2v) is 9.90. The van der Waals surface area contributed by atoms with Crippen molar-refractivity contribution in [3.05, 3.63) is 102 Å². The molecule has 0 amide bonds. The number of nitrogens with zero attached hydrogens (tertiary/aromatic N) is 1. The van der Waals surface area contributed by atoms with Gasteiger partial charge in [0.25, 0.3) is 0 Å². The van der Waals surface area contributed by atoms with Gasteiger partial charge in [-0.1, -0.05) is 85.8 Å². The summed E-state index contributed by atoms with van der Waals surface area (Å²) in [6, 6.07) is 28.3. The van der Waals surface area contributed by atoms with E-state index in [1.807, 2.05) is 48.5 Å². The van der Waals surface area contributed by atoms with Crippen LogP contribution in [0.4, 0.5) is 5.69 Å². The molecule has 0 bridgehead atoms. The van der Waals surface area contributed by atoms with Crippen LogP contribution in [0.5, 0.6) is 0 Å². The lowest BCUT2D eigenvalue weighted by atomic mass is 9.69. The summed E-state index contributed by atoms with van der Waals surface area (Å²) >= 11 is 0. The molecule has 3 aromatic rings. The molecule has 0 N–H and O–H groups in total. The number of carbonyl (C=O) groups excluding carboxylic acids is 2. The number of esters is 2. The third-order valence-corrected chi connectivity index (χ3v) is 8.07. The summed E-state index contributed by atoms with van der Waals surface area (Å²) in [5.74, 6) is -1.08. The predicted molar refractivity (Wildman–Crippen MR) is 140 cm³/mol. The van der Waals surface area contributed by atoms with Crippen molar-refractivity contribution in [2.75, 3.05) is 18.1 Å². The molecule has 36 heavy (non-hydrogen) atoms. The molecule has 1 aliphatic carbocycles. The van der Waals surface area contributed by atoms with E-state index in [0.717, 1.165) is 22.4 Å². The summed E-state index contributed by atoms with van der Waals surface area (Å²) in [6.45, 7) is 6.74. The van der Waals surface area contributed by atoms with E-state index in [9.17, 15) is 9.59 Å². The largest absolute Gasteiger partial charge is 0.465 e. The number of rotatable bonds is 7. The summed E-state index contributed by atoms with van der Waals surface area (Å²) in [5.41, 5.74) is 2.43. The molecule has 186 valence electrons. The number of benzene rings is 3. The second kappa shape index (κ2) is 9.45. The molecule has 5 heteroatoms. The summed E-state index contributed by atoms with van der Waals surface area (Å²) in [6.07, 6.45) is 0.329. The first-order valence-corrected chi connectivity index (χ1v) is 12.8. The number of para-hydroxylation sites is 1. The zero-order valence-electron chi connectivity index (χ0n) is 21.1. The lowest BCUT2D eigenvalue weighted by Gasteiger charge is -2.40. The fourth-order valence-corrected chi connectivity index (χ4v) is 6.69. The van der Waals surface area contributed by atoms with E-state index in [1.54, 1.807) is 13.8 Å². The molecule has 0 spiro atoms. The van der Waals surface area contributed by atoms with Gasteiger partial charge in [0.05, 0.1) is 19.3 Å². The molecule has 0 saturated heterocycles. The van der Waals surface area contributed by atoms with Crippen LogP contribution in [0, 0.1) is 5.41 Å². The van der Waals surface area contributed by atoms with Crippen molar-refractivity contribution < 1.29 is 19.1 Å². The SMILES string of the molecule is CCOC(=O)C1(C(=O)OCC)CC(c2ccccc2)[C@@]2(C)c3ccccc3N(Cc3ccccc3)[C@@H]12. The molecule has 0 aromatic heterocycles. The molecule has 5 nitrogen and oxygen atoms in total. The lowest BCUT2D eigenvalue weighted by Crippen LogP contribution is -2.57. The number of hydrogen-bond donors (Lipinski definition) is 0. The predicted octanol–water partition coefficient (Wildman–Crippen LogP) is 5.63. The minimum Gasteiger partial charge on any atom is -0.465 e. The van der Waals surface area contributed by atoms with Crippen LogP contribution < -0.4 is 4.90 Å². The van der Waals surface area contributed by atoms with Gasteiger partial charge in [-0.15, -0.1) is 0 Å². The molecule has 2 aliphatic rings. The van der Waals surface area contributed by atoms with Crippen LogP contribution in [-0.4, -0.2) is 31.2 Å². The average molecular weight is 484 g/mol. The van der Waals surface area contributed by atoms with Crippen LogP contribution in [0.2, 0.25) is 0 Å². The Morgan fingerprint density at radius 1 is 0.833 bits per heavy atom. The minimum absolute atomic E-state index is 0.0839. The number of fused-ring (bicyclic) bond motifs is 3. The Labute approximate surface area is 213 Å². The van der Waals surface area contributed by atoms with E-state index in [2.05, 4.69) is 48.2 Å². The smallest absolute Gasteiger partial charge is 0.325 e. The summed E-state index contributed by atoms with van der Waals surface area (Å²) in [7, 11) is 0. The Kier molecular flexibility index (Phi) is 6.33. The van der Waals surface area contributed by atoms with Gasteiger partial charge in [-0.05, 0) is 48.9 Å². The van der Waals surface area contributed by atoms with Crippen LogP contribution in [0.3, 0.4) is 0 Å². The molecule has 1 aliphatic heterocycles. The molecule has 5 rings (SSSR count). The molecular formula is C31H33NO4. The first-order valence-electron chi connectivity index (χ1n) is 12.8. The maximum Gasteiger partial charge on any atom is 0.325 e. The monoisotopic (exact) mass is 483 g/mol. The van der Waals surface area contributed by atoms with Gasteiger partial charge in [0.1, 0.15) is 0 Å². The van der Waals surface area contributed by atoms with Crippen LogP contribution in [0.1, 0.15) is 49.8 Å². The van der Waals surface area contributed by atoms with Crippen LogP contribution in [-0.2, 0) is 31.0 Å². The van der Waals surface area contributed by atoms with Crippen molar-refractivity contribution in [1.29, 1.82) is 0 Å². The summed E-state index contributed by atoms with van der Waals surface area (Å²) in [5, 5.41) is 0. The Balaban J connectivity index is 1.77. The molecule has 1 heterocycles. The highest BCUT2D eigenvalue weighted by Crippen LogP contribution is 2.66. The number of ether oxygens (including phenoxy) is 2. The summed E-state index contributed by atoms with van der Waals surface area (Å²) in [4.78, 5) is 30.1. The minimum atomic E-state index is -1.46.